The molecule has 0 aliphatic carbocycles. The van der Waals surface area contributed by atoms with Gasteiger partial charge in [0.1, 0.15) is 4.21 Å². The van der Waals surface area contributed by atoms with Gasteiger partial charge in [0.25, 0.3) is 10.0 Å². The van der Waals surface area contributed by atoms with Crippen LogP contribution in [0.2, 0.25) is 0 Å². The van der Waals surface area contributed by atoms with E-state index in [1.165, 1.54) is 11.3 Å². The van der Waals surface area contributed by atoms with E-state index in [2.05, 4.69) is 25.8 Å². The number of likely N-dealkylation sites (N-methyl/N-ethyl adjacent to an activating group) is 1. The van der Waals surface area contributed by atoms with E-state index in [0.717, 1.165) is 4.88 Å². The molecule has 0 aromatic carbocycles. The zero-order valence-electron chi connectivity index (χ0n) is 11.3. The van der Waals surface area contributed by atoms with E-state index >= 15 is 0 Å². The Morgan fingerprint density at radius 1 is 1.22 bits per heavy atom. The van der Waals surface area contributed by atoms with Gasteiger partial charge in [-0.2, -0.15) is 4.31 Å². The normalized spacial score (nSPS) is 27.6. The number of piperazine rings is 1. The standard InChI is InChI=1S/C12H20N2O2S2/c1-9-7-14(8-10(2)13(9)4)18(15,16)12-6-5-11(3)17-12/h5-6,9-10H,7-8H2,1-4H3. The van der Waals surface area contributed by atoms with Crippen molar-refractivity contribution in [1.82, 2.24) is 9.21 Å². The van der Waals surface area contributed by atoms with E-state index in [1.807, 2.05) is 13.0 Å². The number of sulfonamides is 1. The minimum absolute atomic E-state index is 0.254. The van der Waals surface area contributed by atoms with Crippen LogP contribution in [0.15, 0.2) is 16.3 Å². The lowest BCUT2D eigenvalue weighted by Crippen LogP contribution is -2.56. The van der Waals surface area contributed by atoms with Crippen LogP contribution in [0.4, 0.5) is 0 Å². The van der Waals surface area contributed by atoms with Gasteiger partial charge in [0.2, 0.25) is 0 Å². The molecular formula is C12H20N2O2S2. The maximum atomic E-state index is 12.5. The van der Waals surface area contributed by atoms with E-state index in [-0.39, 0.29) is 12.1 Å². The van der Waals surface area contributed by atoms with Crippen LogP contribution in [0.1, 0.15) is 18.7 Å². The maximum absolute atomic E-state index is 12.5. The van der Waals surface area contributed by atoms with Crippen molar-refractivity contribution in [2.45, 2.75) is 37.1 Å². The molecule has 2 atom stereocenters. The van der Waals surface area contributed by atoms with Gasteiger partial charge in [-0.1, -0.05) is 0 Å². The Balaban J connectivity index is 2.26. The molecule has 2 heterocycles. The van der Waals surface area contributed by atoms with E-state index < -0.39 is 10.0 Å². The molecule has 0 bridgehead atoms. The molecular weight excluding hydrogens is 268 g/mol. The molecule has 6 heteroatoms. The Hall–Kier alpha value is -0.430. The smallest absolute Gasteiger partial charge is 0.252 e. The molecule has 0 spiro atoms. The third kappa shape index (κ3) is 2.47. The van der Waals surface area contributed by atoms with Crippen molar-refractivity contribution in [2.75, 3.05) is 20.1 Å². The molecule has 1 aromatic rings. The quantitative estimate of drug-likeness (QED) is 0.833. The minimum Gasteiger partial charge on any atom is -0.298 e. The van der Waals surface area contributed by atoms with Crippen LogP contribution < -0.4 is 0 Å². The van der Waals surface area contributed by atoms with E-state index in [9.17, 15) is 8.42 Å². The van der Waals surface area contributed by atoms with E-state index in [4.69, 9.17) is 0 Å². The predicted molar refractivity (Wildman–Crippen MR) is 74.5 cm³/mol. The second kappa shape index (κ2) is 4.92. The van der Waals surface area contributed by atoms with Gasteiger partial charge in [-0.15, -0.1) is 11.3 Å². The third-order valence-corrected chi connectivity index (χ3v) is 6.94. The van der Waals surface area contributed by atoms with Crippen LogP contribution in [0, 0.1) is 6.92 Å². The molecule has 0 amide bonds. The van der Waals surface area contributed by atoms with E-state index in [1.54, 1.807) is 10.4 Å². The molecule has 18 heavy (non-hydrogen) atoms. The molecule has 102 valence electrons. The highest BCUT2D eigenvalue weighted by molar-refractivity contribution is 7.91. The van der Waals surface area contributed by atoms with Gasteiger partial charge < -0.3 is 0 Å². The molecule has 4 nitrogen and oxygen atoms in total. The summed E-state index contributed by atoms with van der Waals surface area (Å²) >= 11 is 1.35. The molecule has 0 saturated carbocycles. The fraction of sp³-hybridized carbons (Fsp3) is 0.667. The van der Waals surface area contributed by atoms with Gasteiger partial charge in [-0.3, -0.25) is 4.90 Å². The molecule has 2 unspecified atom stereocenters. The lowest BCUT2D eigenvalue weighted by molar-refractivity contribution is 0.105. The van der Waals surface area contributed by atoms with Gasteiger partial charge in [0, 0.05) is 30.1 Å². The number of thiophene rings is 1. The van der Waals surface area contributed by atoms with Crippen molar-refractivity contribution >= 4 is 21.4 Å². The van der Waals surface area contributed by atoms with Crippen LogP contribution in [0.3, 0.4) is 0 Å². The average molecular weight is 288 g/mol. The molecule has 1 saturated heterocycles. The predicted octanol–water partition coefficient (Wildman–Crippen LogP) is 1.77. The fourth-order valence-electron chi connectivity index (χ4n) is 2.23. The Morgan fingerprint density at radius 2 is 1.78 bits per heavy atom. The topological polar surface area (TPSA) is 40.6 Å². The summed E-state index contributed by atoms with van der Waals surface area (Å²) in [5.74, 6) is 0. The van der Waals surface area contributed by atoms with Gasteiger partial charge in [0.15, 0.2) is 0 Å². The lowest BCUT2D eigenvalue weighted by Gasteiger charge is -2.41. The lowest BCUT2D eigenvalue weighted by atomic mass is 10.1. The first-order chi connectivity index (χ1) is 8.32. The average Bonchev–Trinajstić information content (AvgIpc) is 2.72. The number of nitrogens with zero attached hydrogens (tertiary/aromatic N) is 2. The van der Waals surface area contributed by atoms with E-state index in [0.29, 0.717) is 17.3 Å². The maximum Gasteiger partial charge on any atom is 0.252 e. The van der Waals surface area contributed by atoms with Crippen molar-refractivity contribution in [3.05, 3.63) is 17.0 Å². The molecule has 1 aliphatic heterocycles. The van der Waals surface area contributed by atoms with Gasteiger partial charge >= 0.3 is 0 Å². The summed E-state index contributed by atoms with van der Waals surface area (Å²) < 4.78 is 27.1. The molecule has 1 aromatic heterocycles. The zero-order chi connectivity index (χ0) is 13.5. The molecule has 1 fully saturated rings. The SMILES string of the molecule is Cc1ccc(S(=O)(=O)N2CC(C)N(C)C(C)C2)s1. The van der Waals surface area contributed by atoms with Crippen molar-refractivity contribution < 1.29 is 8.42 Å². The van der Waals surface area contributed by atoms with Crippen LogP contribution in [0.5, 0.6) is 0 Å². The van der Waals surface area contributed by atoms with Gasteiger partial charge in [-0.05, 0) is 40.0 Å². The summed E-state index contributed by atoms with van der Waals surface area (Å²) in [6, 6.07) is 4.08. The Morgan fingerprint density at radius 3 is 2.22 bits per heavy atom. The van der Waals surface area contributed by atoms with Crippen LogP contribution >= 0.6 is 11.3 Å². The van der Waals surface area contributed by atoms with Crippen LogP contribution in [0.25, 0.3) is 0 Å². The minimum atomic E-state index is -3.31. The molecule has 2 rings (SSSR count). The molecule has 1 aliphatic rings. The highest BCUT2D eigenvalue weighted by Crippen LogP contribution is 2.27. The summed E-state index contributed by atoms with van der Waals surface area (Å²) in [7, 11) is -1.26. The summed E-state index contributed by atoms with van der Waals surface area (Å²) in [5, 5.41) is 0. The summed E-state index contributed by atoms with van der Waals surface area (Å²) in [6.07, 6.45) is 0. The number of hydrogen-bond donors (Lipinski definition) is 0. The summed E-state index contributed by atoms with van der Waals surface area (Å²) in [6.45, 7) is 7.20. The second-order valence-electron chi connectivity index (χ2n) is 5.05. The van der Waals surface area contributed by atoms with Crippen molar-refractivity contribution in [1.29, 1.82) is 0 Å². The second-order valence-corrected chi connectivity index (χ2v) is 8.50. The van der Waals surface area contributed by atoms with Gasteiger partial charge in [-0.25, -0.2) is 8.42 Å². The van der Waals surface area contributed by atoms with Crippen molar-refractivity contribution in [2.24, 2.45) is 0 Å². The number of hydrogen-bond acceptors (Lipinski definition) is 4. The monoisotopic (exact) mass is 288 g/mol. The highest BCUT2D eigenvalue weighted by atomic mass is 32.2. The number of aryl methyl sites for hydroxylation is 1. The Bertz CT molecular complexity index is 512. The first-order valence-electron chi connectivity index (χ1n) is 6.11. The summed E-state index contributed by atoms with van der Waals surface area (Å²) in [4.78, 5) is 3.26. The first kappa shape index (κ1) is 14.0. The molecule has 0 N–H and O–H groups in total. The summed E-state index contributed by atoms with van der Waals surface area (Å²) in [5.41, 5.74) is 0. The van der Waals surface area contributed by atoms with Crippen molar-refractivity contribution in [3.8, 4) is 0 Å². The Labute approximate surface area is 113 Å². The highest BCUT2D eigenvalue weighted by Gasteiger charge is 2.34. The Kier molecular flexibility index (Phi) is 3.82. The molecule has 0 radical (unpaired) electrons. The first-order valence-corrected chi connectivity index (χ1v) is 8.36. The van der Waals surface area contributed by atoms with Gasteiger partial charge in [0.05, 0.1) is 0 Å². The zero-order valence-corrected chi connectivity index (χ0v) is 12.9. The number of rotatable bonds is 2. The largest absolute Gasteiger partial charge is 0.298 e. The third-order valence-electron chi connectivity index (χ3n) is 3.64. The fourth-order valence-corrected chi connectivity index (χ4v) is 5.27. The van der Waals surface area contributed by atoms with Crippen molar-refractivity contribution in [3.63, 3.8) is 0 Å². The van der Waals surface area contributed by atoms with Crippen LogP contribution in [-0.2, 0) is 10.0 Å². The van der Waals surface area contributed by atoms with Crippen LogP contribution in [-0.4, -0.2) is 49.8 Å².